The van der Waals surface area contributed by atoms with Gasteiger partial charge in [-0.2, -0.15) is 10.5 Å². The Balaban J connectivity index is 1.41. The molecule has 2 saturated heterocycles. The molecule has 2 aromatic heterocycles. The third kappa shape index (κ3) is 4.46. The number of allylic oxidation sites excluding steroid dienone is 1. The number of hydrogen-bond donors (Lipinski definition) is 1. The third-order valence-electron chi connectivity index (χ3n) is 6.38. The summed E-state index contributed by atoms with van der Waals surface area (Å²) in [4.78, 5) is 24.6. The molecule has 5 rings (SSSR count). The van der Waals surface area contributed by atoms with E-state index in [1.807, 2.05) is 24.3 Å². The lowest BCUT2D eigenvalue weighted by atomic mass is 9.99. The van der Waals surface area contributed by atoms with Crippen LogP contribution in [0.15, 0.2) is 43.2 Å². The summed E-state index contributed by atoms with van der Waals surface area (Å²) in [5, 5.41) is 32.5. The zero-order valence-electron chi connectivity index (χ0n) is 19.1. The molecule has 2 fully saturated rings. The maximum Gasteiger partial charge on any atom is 0.222 e. The summed E-state index contributed by atoms with van der Waals surface area (Å²) in [6.07, 6.45) is 5.49. The first-order chi connectivity index (χ1) is 17.1. The van der Waals surface area contributed by atoms with E-state index < -0.39 is 0 Å². The first-order valence-electron chi connectivity index (χ1n) is 11.4. The first-order valence-corrected chi connectivity index (χ1v) is 11.4. The molecule has 0 amide bonds. The third-order valence-corrected chi connectivity index (χ3v) is 6.38. The fourth-order valence-electron chi connectivity index (χ4n) is 4.47. The van der Waals surface area contributed by atoms with Crippen LogP contribution in [0.3, 0.4) is 0 Å². The lowest BCUT2D eigenvalue weighted by molar-refractivity contribution is -0.114. The van der Waals surface area contributed by atoms with Crippen molar-refractivity contribution >= 4 is 34.1 Å². The number of hydrogen-bond acceptors (Lipinski definition) is 10. The highest BCUT2D eigenvalue weighted by Crippen LogP contribution is 2.35. The summed E-state index contributed by atoms with van der Waals surface area (Å²) >= 11 is 0. The second-order valence-electron chi connectivity index (χ2n) is 8.79. The lowest BCUT2D eigenvalue weighted by Crippen LogP contribution is -2.46. The summed E-state index contributed by atoms with van der Waals surface area (Å²) in [7, 11) is 0. The monoisotopic (exact) mass is 465 g/mol. The van der Waals surface area contributed by atoms with Crippen LogP contribution < -0.4 is 15.1 Å². The molecule has 2 aliphatic rings. The smallest absolute Gasteiger partial charge is 0.222 e. The molecule has 0 aliphatic carbocycles. The van der Waals surface area contributed by atoms with Crippen LogP contribution in [0.4, 0.5) is 17.6 Å². The Labute approximate surface area is 202 Å². The summed E-state index contributed by atoms with van der Waals surface area (Å²) in [6, 6.07) is 10.4. The molecule has 10 heteroatoms. The average Bonchev–Trinajstić information content (AvgIpc) is 3.32. The van der Waals surface area contributed by atoms with Gasteiger partial charge in [-0.05, 0) is 24.1 Å². The number of nitrogens with one attached hydrogen (secondary N) is 1. The van der Waals surface area contributed by atoms with Gasteiger partial charge in [0.05, 0.1) is 29.9 Å². The molecular weight excluding hydrogens is 442 g/mol. The van der Waals surface area contributed by atoms with Crippen molar-refractivity contribution in [2.45, 2.75) is 18.9 Å². The van der Waals surface area contributed by atoms with Gasteiger partial charge in [0, 0.05) is 49.4 Å². The molecule has 0 unspecified atom stereocenters. The largest absolute Gasteiger partial charge is 0.352 e. The number of benzene rings is 1. The maximum atomic E-state index is 11.9. The summed E-state index contributed by atoms with van der Waals surface area (Å²) in [6.45, 7) is 6.30. The molecule has 0 bridgehead atoms. The molecular formula is C25H23N9O. The van der Waals surface area contributed by atoms with Crippen molar-refractivity contribution in [3.8, 4) is 12.1 Å². The zero-order chi connectivity index (χ0) is 24.4. The van der Waals surface area contributed by atoms with Gasteiger partial charge in [0.2, 0.25) is 5.95 Å². The van der Waals surface area contributed by atoms with E-state index in [2.05, 4.69) is 47.9 Å². The predicted molar refractivity (Wildman–Crippen MR) is 131 cm³/mol. The van der Waals surface area contributed by atoms with Crippen molar-refractivity contribution in [2.24, 2.45) is 5.92 Å². The van der Waals surface area contributed by atoms with Crippen molar-refractivity contribution in [1.82, 2.24) is 20.2 Å². The van der Waals surface area contributed by atoms with E-state index in [9.17, 15) is 10.1 Å². The number of anilines is 3. The van der Waals surface area contributed by atoms with E-state index in [1.165, 1.54) is 18.5 Å². The van der Waals surface area contributed by atoms with Gasteiger partial charge >= 0.3 is 0 Å². The molecule has 35 heavy (non-hydrogen) atoms. The molecule has 4 heterocycles. The van der Waals surface area contributed by atoms with Crippen molar-refractivity contribution in [1.29, 1.82) is 10.5 Å². The van der Waals surface area contributed by atoms with E-state index >= 15 is 0 Å². The minimum atomic E-state index is -0.0416. The van der Waals surface area contributed by atoms with Crippen molar-refractivity contribution < 1.29 is 4.79 Å². The Hall–Kier alpha value is -4.57. The van der Waals surface area contributed by atoms with E-state index in [0.717, 1.165) is 40.9 Å². The standard InChI is InChI=1S/C25H23N9O/c1-2-20(35)7-16-3-4-21-22(8-16)24(34-13-18(10-27)14-34)32-31-23(21)33-6-5-19(15-33)30-25-28-11-17(9-26)12-29-25/h2-4,8,11-12,18-19H,1,5-7,13-15H2,(H,28,29,30)/t19-/m1/s1. The topological polar surface area (TPSA) is 135 Å². The number of aromatic nitrogens is 4. The molecule has 1 aromatic carbocycles. The van der Waals surface area contributed by atoms with Crippen LogP contribution >= 0.6 is 0 Å². The molecule has 2 aliphatic heterocycles. The van der Waals surface area contributed by atoms with E-state index in [0.29, 0.717) is 31.1 Å². The minimum Gasteiger partial charge on any atom is -0.352 e. The van der Waals surface area contributed by atoms with E-state index in [4.69, 9.17) is 5.26 Å². The second-order valence-corrected chi connectivity index (χ2v) is 8.79. The average molecular weight is 466 g/mol. The molecule has 3 aromatic rings. The Morgan fingerprint density at radius 1 is 1.11 bits per heavy atom. The van der Waals surface area contributed by atoms with Crippen molar-refractivity contribution in [2.75, 3.05) is 41.3 Å². The second kappa shape index (κ2) is 9.35. The van der Waals surface area contributed by atoms with Gasteiger partial charge in [-0.25, -0.2) is 9.97 Å². The number of carbonyl (C=O) groups is 1. The van der Waals surface area contributed by atoms with Gasteiger partial charge in [-0.1, -0.05) is 18.7 Å². The van der Waals surface area contributed by atoms with Gasteiger partial charge in [-0.3, -0.25) is 4.79 Å². The minimum absolute atomic E-state index is 0.00749. The van der Waals surface area contributed by atoms with Crippen LogP contribution in [0.2, 0.25) is 0 Å². The Kier molecular flexibility index (Phi) is 5.94. The number of carbonyl (C=O) groups excluding carboxylic acids is 1. The molecule has 174 valence electrons. The van der Waals surface area contributed by atoms with Gasteiger partial charge < -0.3 is 15.1 Å². The number of ketones is 1. The molecule has 10 nitrogen and oxygen atoms in total. The molecule has 1 atom stereocenters. The molecule has 0 radical (unpaired) electrons. The summed E-state index contributed by atoms with van der Waals surface area (Å²) in [5.41, 5.74) is 1.31. The number of nitriles is 2. The van der Waals surface area contributed by atoms with E-state index in [-0.39, 0.29) is 24.2 Å². The highest BCUT2D eigenvalue weighted by Gasteiger charge is 2.31. The van der Waals surface area contributed by atoms with Gasteiger partial charge in [0.25, 0.3) is 0 Å². The van der Waals surface area contributed by atoms with E-state index in [1.54, 1.807) is 0 Å². The van der Waals surface area contributed by atoms with Crippen LogP contribution in [0.1, 0.15) is 17.5 Å². The van der Waals surface area contributed by atoms with Gasteiger partial charge in [0.15, 0.2) is 17.4 Å². The van der Waals surface area contributed by atoms with Crippen LogP contribution in [0, 0.1) is 28.6 Å². The van der Waals surface area contributed by atoms with Gasteiger partial charge in [0.1, 0.15) is 6.07 Å². The molecule has 1 N–H and O–H groups in total. The SMILES string of the molecule is C=CC(=O)Cc1ccc2c(N3CC[C@@H](Nc4ncc(C#N)cn4)C3)nnc(N3CC(C#N)C3)c2c1. The van der Waals surface area contributed by atoms with Gasteiger partial charge in [-0.15, -0.1) is 10.2 Å². The molecule has 0 saturated carbocycles. The van der Waals surface area contributed by atoms with Crippen LogP contribution in [0.25, 0.3) is 10.8 Å². The number of rotatable bonds is 7. The fraction of sp³-hybridized carbons (Fsp3) is 0.320. The maximum absolute atomic E-state index is 11.9. The van der Waals surface area contributed by atoms with Crippen molar-refractivity contribution in [3.63, 3.8) is 0 Å². The van der Waals surface area contributed by atoms with Crippen LogP contribution in [-0.2, 0) is 11.2 Å². The Morgan fingerprint density at radius 3 is 2.54 bits per heavy atom. The number of nitrogens with zero attached hydrogens (tertiary/aromatic N) is 8. The van der Waals surface area contributed by atoms with Crippen LogP contribution in [0.5, 0.6) is 0 Å². The predicted octanol–water partition coefficient (Wildman–Crippen LogP) is 2.24. The highest BCUT2D eigenvalue weighted by atomic mass is 16.1. The Morgan fingerprint density at radius 2 is 1.86 bits per heavy atom. The number of fused-ring (bicyclic) bond motifs is 1. The summed E-state index contributed by atoms with van der Waals surface area (Å²) in [5.74, 6) is 1.96. The first kappa shape index (κ1) is 22.2. The zero-order valence-corrected chi connectivity index (χ0v) is 19.1. The summed E-state index contributed by atoms with van der Waals surface area (Å²) < 4.78 is 0. The molecule has 0 spiro atoms. The van der Waals surface area contributed by atoms with Crippen molar-refractivity contribution in [3.05, 3.63) is 54.4 Å². The van der Waals surface area contributed by atoms with Crippen LogP contribution in [-0.4, -0.2) is 58.2 Å². The highest BCUT2D eigenvalue weighted by molar-refractivity contribution is 6.00. The lowest BCUT2D eigenvalue weighted by Gasteiger charge is -2.36. The Bertz CT molecular complexity index is 1370. The fourth-order valence-corrected chi connectivity index (χ4v) is 4.47. The normalized spacial score (nSPS) is 17.5. The quantitative estimate of drug-likeness (QED) is 0.518.